The zero-order chi connectivity index (χ0) is 18.5. The van der Waals surface area contributed by atoms with Crippen molar-refractivity contribution < 1.29 is 19.1 Å². The van der Waals surface area contributed by atoms with Crippen LogP contribution in [0.5, 0.6) is 11.5 Å². The summed E-state index contributed by atoms with van der Waals surface area (Å²) in [4.78, 5) is 27.7. The number of nitrogens with one attached hydrogen (secondary N) is 3. The molecule has 7 nitrogen and oxygen atoms in total. The number of H-pyrrole nitrogens is 1. The molecule has 3 N–H and O–H groups in total. The highest BCUT2D eigenvalue weighted by Gasteiger charge is 2.14. The van der Waals surface area contributed by atoms with Crippen molar-refractivity contribution >= 4 is 22.7 Å². The molecule has 0 fully saturated rings. The summed E-state index contributed by atoms with van der Waals surface area (Å²) < 4.78 is 10.6. The second-order valence-electron chi connectivity index (χ2n) is 5.45. The lowest BCUT2D eigenvalue weighted by Gasteiger charge is -2.11. The minimum Gasteiger partial charge on any atom is -0.493 e. The Kier molecular flexibility index (Phi) is 5.07. The summed E-state index contributed by atoms with van der Waals surface area (Å²) in [7, 11) is 1.53. The van der Waals surface area contributed by atoms with Gasteiger partial charge in [-0.3, -0.25) is 20.4 Å². The molecule has 0 spiro atoms. The lowest BCUT2D eigenvalue weighted by atomic mass is 10.1. The van der Waals surface area contributed by atoms with Crippen LogP contribution < -0.4 is 20.3 Å². The molecule has 0 atom stereocenters. The topological polar surface area (TPSA) is 92.5 Å². The van der Waals surface area contributed by atoms with E-state index in [0.29, 0.717) is 29.2 Å². The molecule has 1 aromatic heterocycles. The Hall–Kier alpha value is -3.48. The molecule has 2 amide bonds. The van der Waals surface area contributed by atoms with Crippen LogP contribution in [0.2, 0.25) is 0 Å². The predicted octanol–water partition coefficient (Wildman–Crippen LogP) is 2.65. The van der Waals surface area contributed by atoms with E-state index in [1.165, 1.54) is 7.11 Å². The average Bonchev–Trinajstić information content (AvgIpc) is 3.10. The number of amides is 2. The Bertz CT molecular complexity index is 949. The number of para-hydroxylation sites is 1. The standard InChI is InChI=1S/C19H19N3O4/c1-3-26-17-10-12(8-9-16(17)25-2)18(23)21-22-19(24)14-11-20-15-7-5-4-6-13(14)15/h4-11,20H,3H2,1-2H3,(H,21,23)(H,22,24). The summed E-state index contributed by atoms with van der Waals surface area (Å²) >= 11 is 0. The molecule has 2 aromatic carbocycles. The number of methoxy groups -OCH3 is 1. The van der Waals surface area contributed by atoms with E-state index in [2.05, 4.69) is 15.8 Å². The van der Waals surface area contributed by atoms with Crippen molar-refractivity contribution in [3.8, 4) is 11.5 Å². The smallest absolute Gasteiger partial charge is 0.271 e. The van der Waals surface area contributed by atoms with Crippen molar-refractivity contribution in [2.24, 2.45) is 0 Å². The van der Waals surface area contributed by atoms with Gasteiger partial charge in [-0.05, 0) is 31.2 Å². The molecule has 134 valence electrons. The van der Waals surface area contributed by atoms with Crippen LogP contribution in [0.1, 0.15) is 27.6 Å². The van der Waals surface area contributed by atoms with E-state index >= 15 is 0 Å². The van der Waals surface area contributed by atoms with Gasteiger partial charge in [-0.25, -0.2) is 0 Å². The molecule has 0 bridgehead atoms. The average molecular weight is 353 g/mol. The lowest BCUT2D eigenvalue weighted by molar-refractivity contribution is 0.0847. The number of hydrogen-bond donors (Lipinski definition) is 3. The van der Waals surface area contributed by atoms with Gasteiger partial charge >= 0.3 is 0 Å². The highest BCUT2D eigenvalue weighted by molar-refractivity contribution is 6.07. The summed E-state index contributed by atoms with van der Waals surface area (Å²) in [5.41, 5.74) is 6.47. The first-order valence-electron chi connectivity index (χ1n) is 8.11. The maximum atomic E-state index is 12.3. The van der Waals surface area contributed by atoms with Gasteiger partial charge in [0, 0.05) is 22.7 Å². The molecule has 0 aliphatic heterocycles. The Balaban J connectivity index is 1.70. The first-order valence-corrected chi connectivity index (χ1v) is 8.11. The molecule has 0 saturated carbocycles. The largest absolute Gasteiger partial charge is 0.493 e. The van der Waals surface area contributed by atoms with Gasteiger partial charge in [-0.2, -0.15) is 0 Å². The van der Waals surface area contributed by atoms with Gasteiger partial charge < -0.3 is 14.5 Å². The van der Waals surface area contributed by atoms with E-state index in [4.69, 9.17) is 9.47 Å². The predicted molar refractivity (Wildman–Crippen MR) is 97.4 cm³/mol. The Morgan fingerprint density at radius 1 is 1.04 bits per heavy atom. The summed E-state index contributed by atoms with van der Waals surface area (Å²) in [6.07, 6.45) is 1.60. The molecular formula is C19H19N3O4. The number of carbonyl (C=O) groups is 2. The van der Waals surface area contributed by atoms with E-state index in [-0.39, 0.29) is 0 Å². The van der Waals surface area contributed by atoms with Crippen LogP contribution in [0.25, 0.3) is 10.9 Å². The third-order valence-corrected chi connectivity index (χ3v) is 3.85. The SMILES string of the molecule is CCOc1cc(C(=O)NNC(=O)c2c[nH]c3ccccc23)ccc1OC. The zero-order valence-electron chi connectivity index (χ0n) is 14.5. The number of ether oxygens (including phenoxy) is 2. The third kappa shape index (κ3) is 3.46. The van der Waals surface area contributed by atoms with E-state index in [1.807, 2.05) is 31.2 Å². The first-order chi connectivity index (χ1) is 12.6. The number of aromatic nitrogens is 1. The number of carbonyl (C=O) groups excluding carboxylic acids is 2. The van der Waals surface area contributed by atoms with Crippen LogP contribution in [-0.4, -0.2) is 30.5 Å². The second kappa shape index (κ2) is 7.60. The number of hydrogen-bond acceptors (Lipinski definition) is 4. The van der Waals surface area contributed by atoms with Gasteiger partial charge in [0.15, 0.2) is 11.5 Å². The van der Waals surface area contributed by atoms with Gasteiger partial charge in [0.1, 0.15) is 0 Å². The Morgan fingerprint density at radius 3 is 2.58 bits per heavy atom. The number of hydrazine groups is 1. The van der Waals surface area contributed by atoms with Gasteiger partial charge in [-0.1, -0.05) is 18.2 Å². The van der Waals surface area contributed by atoms with E-state index in [1.54, 1.807) is 24.4 Å². The van der Waals surface area contributed by atoms with Crippen molar-refractivity contribution in [1.29, 1.82) is 0 Å². The Morgan fingerprint density at radius 2 is 1.81 bits per heavy atom. The van der Waals surface area contributed by atoms with Gasteiger partial charge in [0.05, 0.1) is 19.3 Å². The molecule has 3 rings (SSSR count). The van der Waals surface area contributed by atoms with E-state index in [0.717, 1.165) is 10.9 Å². The Labute approximate surface area is 150 Å². The fourth-order valence-corrected chi connectivity index (χ4v) is 2.60. The van der Waals surface area contributed by atoms with Crippen LogP contribution in [0.3, 0.4) is 0 Å². The number of benzene rings is 2. The molecule has 26 heavy (non-hydrogen) atoms. The monoisotopic (exact) mass is 353 g/mol. The second-order valence-corrected chi connectivity index (χ2v) is 5.45. The lowest BCUT2D eigenvalue weighted by Crippen LogP contribution is -2.41. The summed E-state index contributed by atoms with van der Waals surface area (Å²) in [5.74, 6) is 0.132. The van der Waals surface area contributed by atoms with Gasteiger partial charge in [-0.15, -0.1) is 0 Å². The molecular weight excluding hydrogens is 334 g/mol. The fraction of sp³-hybridized carbons (Fsp3) is 0.158. The van der Waals surface area contributed by atoms with E-state index < -0.39 is 11.8 Å². The van der Waals surface area contributed by atoms with Crippen LogP contribution in [0.15, 0.2) is 48.7 Å². The maximum absolute atomic E-state index is 12.3. The van der Waals surface area contributed by atoms with Crippen molar-refractivity contribution in [2.75, 3.05) is 13.7 Å². The van der Waals surface area contributed by atoms with Crippen LogP contribution in [0, 0.1) is 0 Å². The van der Waals surface area contributed by atoms with Crippen molar-refractivity contribution in [3.05, 3.63) is 59.8 Å². The normalized spacial score (nSPS) is 10.4. The maximum Gasteiger partial charge on any atom is 0.271 e. The number of fused-ring (bicyclic) bond motifs is 1. The van der Waals surface area contributed by atoms with Gasteiger partial charge in [0.2, 0.25) is 0 Å². The highest BCUT2D eigenvalue weighted by atomic mass is 16.5. The molecule has 3 aromatic rings. The van der Waals surface area contributed by atoms with Crippen molar-refractivity contribution in [1.82, 2.24) is 15.8 Å². The van der Waals surface area contributed by atoms with E-state index in [9.17, 15) is 9.59 Å². The summed E-state index contributed by atoms with van der Waals surface area (Å²) in [6, 6.07) is 12.2. The fourth-order valence-electron chi connectivity index (χ4n) is 2.60. The molecule has 0 radical (unpaired) electrons. The summed E-state index contributed by atoms with van der Waals surface area (Å²) in [6.45, 7) is 2.28. The third-order valence-electron chi connectivity index (χ3n) is 3.85. The molecule has 0 aliphatic carbocycles. The number of rotatable bonds is 5. The minimum absolute atomic E-state index is 0.341. The molecule has 0 saturated heterocycles. The molecule has 1 heterocycles. The molecule has 0 aliphatic rings. The minimum atomic E-state index is -0.457. The quantitative estimate of drug-likeness (QED) is 0.615. The van der Waals surface area contributed by atoms with Crippen LogP contribution >= 0.6 is 0 Å². The highest BCUT2D eigenvalue weighted by Crippen LogP contribution is 2.28. The van der Waals surface area contributed by atoms with Crippen molar-refractivity contribution in [3.63, 3.8) is 0 Å². The zero-order valence-corrected chi connectivity index (χ0v) is 14.5. The van der Waals surface area contributed by atoms with Crippen molar-refractivity contribution in [2.45, 2.75) is 6.92 Å². The first kappa shape index (κ1) is 17.3. The number of aromatic amines is 1. The van der Waals surface area contributed by atoms with Crippen LogP contribution in [0.4, 0.5) is 0 Å². The van der Waals surface area contributed by atoms with Gasteiger partial charge in [0.25, 0.3) is 11.8 Å². The van der Waals surface area contributed by atoms with Crippen LogP contribution in [-0.2, 0) is 0 Å². The summed E-state index contributed by atoms with van der Waals surface area (Å²) in [5, 5.41) is 0.780. The molecule has 0 unspecified atom stereocenters. The molecule has 7 heteroatoms.